The van der Waals surface area contributed by atoms with Gasteiger partial charge >= 0.3 is 0 Å². The zero-order chi connectivity index (χ0) is 21.6. The number of rotatable bonds is 8. The van der Waals surface area contributed by atoms with Gasteiger partial charge in [-0.25, -0.2) is 8.42 Å². The predicted molar refractivity (Wildman–Crippen MR) is 119 cm³/mol. The first-order valence-corrected chi connectivity index (χ1v) is 11.9. The van der Waals surface area contributed by atoms with E-state index in [9.17, 15) is 13.2 Å². The van der Waals surface area contributed by atoms with Gasteiger partial charge in [-0.2, -0.15) is 4.31 Å². The molecule has 1 atom stereocenters. The summed E-state index contributed by atoms with van der Waals surface area (Å²) in [7, 11) is -3.48. The lowest BCUT2D eigenvalue weighted by Gasteiger charge is -2.33. The minimum absolute atomic E-state index is 0.0146. The van der Waals surface area contributed by atoms with Crippen molar-refractivity contribution in [1.29, 1.82) is 0 Å². The molecular weight excluding hydrogens is 398 g/mol. The summed E-state index contributed by atoms with van der Waals surface area (Å²) in [5.41, 5.74) is 2.26. The Bertz CT molecular complexity index is 922. The number of piperazine rings is 1. The molecule has 30 heavy (non-hydrogen) atoms. The fourth-order valence-electron chi connectivity index (χ4n) is 3.71. The molecule has 1 aliphatic heterocycles. The van der Waals surface area contributed by atoms with Crippen molar-refractivity contribution >= 4 is 15.9 Å². The van der Waals surface area contributed by atoms with E-state index in [1.807, 2.05) is 42.2 Å². The number of hydrogen-bond acceptors (Lipinski definition) is 4. The highest BCUT2D eigenvalue weighted by Crippen LogP contribution is 2.19. The lowest BCUT2D eigenvalue weighted by Crippen LogP contribution is -2.51. The number of carbonyl (C=O) groups excluding carboxylic acids is 1. The average molecular weight is 430 g/mol. The van der Waals surface area contributed by atoms with E-state index < -0.39 is 10.0 Å². The van der Waals surface area contributed by atoms with Crippen molar-refractivity contribution in [2.75, 3.05) is 39.3 Å². The minimum Gasteiger partial charge on any atom is -0.354 e. The summed E-state index contributed by atoms with van der Waals surface area (Å²) in [4.78, 5) is 14.7. The molecule has 162 valence electrons. The van der Waals surface area contributed by atoms with Gasteiger partial charge < -0.3 is 5.32 Å². The molecule has 1 aliphatic rings. The summed E-state index contributed by atoms with van der Waals surface area (Å²) in [6, 6.07) is 17.1. The number of benzene rings is 2. The van der Waals surface area contributed by atoms with Crippen LogP contribution in [0.3, 0.4) is 0 Å². The molecule has 6 nitrogen and oxygen atoms in total. The molecule has 0 unspecified atom stereocenters. The number of nitrogens with one attached hydrogen (secondary N) is 1. The van der Waals surface area contributed by atoms with Crippen molar-refractivity contribution in [2.24, 2.45) is 0 Å². The van der Waals surface area contributed by atoms with Gasteiger partial charge in [0, 0.05) is 38.6 Å². The molecule has 2 aromatic rings. The van der Waals surface area contributed by atoms with Gasteiger partial charge in [0.1, 0.15) is 0 Å². The Morgan fingerprint density at radius 3 is 2.23 bits per heavy atom. The summed E-state index contributed by atoms with van der Waals surface area (Å²) in [6.45, 7) is 6.85. The van der Waals surface area contributed by atoms with Gasteiger partial charge in [0.15, 0.2) is 0 Å². The van der Waals surface area contributed by atoms with Gasteiger partial charge in [0.2, 0.25) is 15.9 Å². The summed E-state index contributed by atoms with van der Waals surface area (Å²) in [6.07, 6.45) is 0.958. The highest BCUT2D eigenvalue weighted by atomic mass is 32.2. The van der Waals surface area contributed by atoms with E-state index in [2.05, 4.69) is 24.4 Å². The van der Waals surface area contributed by atoms with Crippen LogP contribution in [0.1, 0.15) is 30.4 Å². The van der Waals surface area contributed by atoms with E-state index >= 15 is 0 Å². The standard InChI is InChI=1S/C23H31N3O3S/c1-3-20(21-7-5-4-6-8-21)17-24-23(27)18-25-13-15-26(16-14-25)30(28,29)22-11-9-19(2)10-12-22/h4-12,20H,3,13-18H2,1-2H3,(H,24,27)/t20-/m0/s1. The van der Waals surface area contributed by atoms with Crippen LogP contribution in [-0.4, -0.2) is 62.8 Å². The molecular formula is C23H31N3O3S. The van der Waals surface area contributed by atoms with Crippen LogP contribution in [0, 0.1) is 6.92 Å². The van der Waals surface area contributed by atoms with Gasteiger partial charge in [-0.15, -0.1) is 0 Å². The van der Waals surface area contributed by atoms with Crippen LogP contribution in [0.2, 0.25) is 0 Å². The molecule has 2 aromatic carbocycles. The molecule has 0 saturated carbocycles. The second kappa shape index (κ2) is 10.2. The van der Waals surface area contributed by atoms with Crippen molar-refractivity contribution in [3.05, 3.63) is 65.7 Å². The molecule has 1 fully saturated rings. The van der Waals surface area contributed by atoms with Crippen LogP contribution in [0.25, 0.3) is 0 Å². The Hall–Kier alpha value is -2.22. The Morgan fingerprint density at radius 1 is 1.00 bits per heavy atom. The Balaban J connectivity index is 1.47. The van der Waals surface area contributed by atoms with Gasteiger partial charge in [-0.1, -0.05) is 55.0 Å². The smallest absolute Gasteiger partial charge is 0.243 e. The van der Waals surface area contributed by atoms with Crippen molar-refractivity contribution in [3.63, 3.8) is 0 Å². The van der Waals surface area contributed by atoms with Crippen LogP contribution in [0.5, 0.6) is 0 Å². The number of hydrogen-bond donors (Lipinski definition) is 1. The fraction of sp³-hybridized carbons (Fsp3) is 0.435. The SMILES string of the molecule is CC[C@@H](CNC(=O)CN1CCN(S(=O)(=O)c2ccc(C)cc2)CC1)c1ccccc1. The maximum absolute atomic E-state index is 12.8. The zero-order valence-electron chi connectivity index (χ0n) is 17.8. The van der Waals surface area contributed by atoms with E-state index in [0.29, 0.717) is 50.1 Å². The van der Waals surface area contributed by atoms with Crippen LogP contribution >= 0.6 is 0 Å². The van der Waals surface area contributed by atoms with Crippen LogP contribution in [0.4, 0.5) is 0 Å². The molecule has 1 N–H and O–H groups in total. The molecule has 0 aliphatic carbocycles. The third-order valence-electron chi connectivity index (χ3n) is 5.67. The number of carbonyl (C=O) groups is 1. The lowest BCUT2D eigenvalue weighted by atomic mass is 9.96. The normalized spacial score (nSPS) is 16.9. The number of nitrogens with zero attached hydrogens (tertiary/aromatic N) is 2. The van der Waals surface area contributed by atoms with E-state index in [1.165, 1.54) is 9.87 Å². The summed E-state index contributed by atoms with van der Waals surface area (Å²) < 4.78 is 27.1. The van der Waals surface area contributed by atoms with Crippen LogP contribution < -0.4 is 5.32 Å². The first kappa shape index (κ1) is 22.5. The number of sulfonamides is 1. The van der Waals surface area contributed by atoms with Gasteiger partial charge in [0.05, 0.1) is 11.4 Å². The maximum Gasteiger partial charge on any atom is 0.243 e. The quantitative estimate of drug-likeness (QED) is 0.700. The highest BCUT2D eigenvalue weighted by Gasteiger charge is 2.29. The van der Waals surface area contributed by atoms with E-state index in [-0.39, 0.29) is 5.91 Å². The van der Waals surface area contributed by atoms with Gasteiger partial charge in [-0.05, 0) is 31.0 Å². The van der Waals surface area contributed by atoms with Crippen LogP contribution in [-0.2, 0) is 14.8 Å². The minimum atomic E-state index is -3.48. The predicted octanol–water partition coefficient (Wildman–Crippen LogP) is 2.61. The van der Waals surface area contributed by atoms with Crippen molar-refractivity contribution < 1.29 is 13.2 Å². The Morgan fingerprint density at radius 2 is 1.63 bits per heavy atom. The average Bonchev–Trinajstić information content (AvgIpc) is 2.75. The molecule has 0 spiro atoms. The highest BCUT2D eigenvalue weighted by molar-refractivity contribution is 7.89. The van der Waals surface area contributed by atoms with E-state index in [1.54, 1.807) is 12.1 Å². The molecule has 3 rings (SSSR count). The first-order chi connectivity index (χ1) is 14.4. The van der Waals surface area contributed by atoms with Crippen molar-refractivity contribution in [2.45, 2.75) is 31.1 Å². The third-order valence-corrected chi connectivity index (χ3v) is 7.58. The number of amides is 1. The Kier molecular flexibility index (Phi) is 7.64. The molecule has 1 heterocycles. The first-order valence-electron chi connectivity index (χ1n) is 10.5. The fourth-order valence-corrected chi connectivity index (χ4v) is 5.13. The van der Waals surface area contributed by atoms with Crippen LogP contribution in [0.15, 0.2) is 59.5 Å². The molecule has 1 saturated heterocycles. The van der Waals surface area contributed by atoms with E-state index in [4.69, 9.17) is 0 Å². The van der Waals surface area contributed by atoms with Gasteiger partial charge in [-0.3, -0.25) is 9.69 Å². The largest absolute Gasteiger partial charge is 0.354 e. The Labute approximate surface area is 179 Å². The van der Waals surface area contributed by atoms with Crippen molar-refractivity contribution in [3.8, 4) is 0 Å². The molecule has 0 aromatic heterocycles. The second-order valence-electron chi connectivity index (χ2n) is 7.81. The summed E-state index contributed by atoms with van der Waals surface area (Å²) in [5.74, 6) is 0.283. The van der Waals surface area contributed by atoms with Gasteiger partial charge in [0.25, 0.3) is 0 Å². The zero-order valence-corrected chi connectivity index (χ0v) is 18.6. The molecule has 0 radical (unpaired) electrons. The molecule has 0 bridgehead atoms. The maximum atomic E-state index is 12.8. The molecule has 1 amide bonds. The lowest BCUT2D eigenvalue weighted by molar-refractivity contribution is -0.122. The van der Waals surface area contributed by atoms with Crippen molar-refractivity contribution in [1.82, 2.24) is 14.5 Å². The third kappa shape index (κ3) is 5.68. The second-order valence-corrected chi connectivity index (χ2v) is 9.75. The topological polar surface area (TPSA) is 69.7 Å². The van der Waals surface area contributed by atoms with E-state index in [0.717, 1.165) is 12.0 Å². The summed E-state index contributed by atoms with van der Waals surface area (Å²) in [5, 5.41) is 3.04. The summed E-state index contributed by atoms with van der Waals surface area (Å²) >= 11 is 0. The number of aryl methyl sites for hydroxylation is 1. The monoisotopic (exact) mass is 429 g/mol. The molecule has 7 heteroatoms.